The van der Waals surface area contributed by atoms with Gasteiger partial charge in [0.05, 0.1) is 5.52 Å². The van der Waals surface area contributed by atoms with Gasteiger partial charge < -0.3 is 11.1 Å². The van der Waals surface area contributed by atoms with Gasteiger partial charge >= 0.3 is 0 Å². The van der Waals surface area contributed by atoms with Crippen LogP contribution in [0.25, 0.3) is 10.9 Å². The third-order valence-corrected chi connectivity index (χ3v) is 3.95. The van der Waals surface area contributed by atoms with Crippen LogP contribution in [0.2, 0.25) is 0 Å². The van der Waals surface area contributed by atoms with Gasteiger partial charge in [0.2, 0.25) is 0 Å². The zero-order valence-corrected chi connectivity index (χ0v) is 12.0. The first-order valence-electron chi connectivity index (χ1n) is 7.40. The summed E-state index contributed by atoms with van der Waals surface area (Å²) >= 11 is 0. The molecule has 1 heterocycles. The Balaban J connectivity index is 1.67. The van der Waals surface area contributed by atoms with Gasteiger partial charge in [-0.1, -0.05) is 6.92 Å². The van der Waals surface area contributed by atoms with Crippen molar-refractivity contribution in [2.45, 2.75) is 25.8 Å². The van der Waals surface area contributed by atoms with Gasteiger partial charge in [0.15, 0.2) is 0 Å². The lowest BCUT2D eigenvalue weighted by Gasteiger charge is -2.20. The second kappa shape index (κ2) is 5.67. The number of fused-ring (bicyclic) bond motifs is 1. The molecule has 0 aliphatic heterocycles. The maximum Gasteiger partial charge on any atom is 0.0743 e. The molecule has 3 rings (SSSR count). The maximum absolute atomic E-state index is 5.80. The first-order chi connectivity index (χ1) is 9.78. The van der Waals surface area contributed by atoms with Crippen LogP contribution in [-0.4, -0.2) is 35.6 Å². The molecule has 1 saturated carbocycles. The van der Waals surface area contributed by atoms with E-state index in [-0.39, 0.29) is 0 Å². The number of nitrogens with one attached hydrogen (secondary N) is 1. The van der Waals surface area contributed by atoms with Crippen molar-refractivity contribution in [1.29, 1.82) is 0 Å². The van der Waals surface area contributed by atoms with Crippen molar-refractivity contribution in [3.8, 4) is 0 Å². The number of likely N-dealkylation sites (N-methyl/N-ethyl adjacent to an activating group) is 1. The summed E-state index contributed by atoms with van der Waals surface area (Å²) in [5.74, 6) is 0. The number of anilines is 2. The van der Waals surface area contributed by atoms with E-state index in [0.717, 1.165) is 48.0 Å². The van der Waals surface area contributed by atoms with Crippen molar-refractivity contribution in [1.82, 2.24) is 9.88 Å². The monoisotopic (exact) mass is 270 g/mol. The van der Waals surface area contributed by atoms with Gasteiger partial charge in [-0.05, 0) is 43.7 Å². The smallest absolute Gasteiger partial charge is 0.0743 e. The van der Waals surface area contributed by atoms with E-state index in [4.69, 9.17) is 5.73 Å². The maximum atomic E-state index is 5.80. The number of nitrogen functional groups attached to an aromatic ring is 1. The average Bonchev–Trinajstić information content (AvgIpc) is 3.28. The highest BCUT2D eigenvalue weighted by molar-refractivity contribution is 5.92. The van der Waals surface area contributed by atoms with Crippen LogP contribution in [0, 0.1) is 0 Å². The van der Waals surface area contributed by atoms with Crippen molar-refractivity contribution in [2.75, 3.05) is 30.7 Å². The highest BCUT2D eigenvalue weighted by Gasteiger charge is 2.27. The van der Waals surface area contributed by atoms with E-state index in [0.29, 0.717) is 0 Å². The summed E-state index contributed by atoms with van der Waals surface area (Å²) in [5.41, 5.74) is 8.65. The van der Waals surface area contributed by atoms with Gasteiger partial charge in [-0.25, -0.2) is 0 Å². The highest BCUT2D eigenvalue weighted by atomic mass is 15.2. The van der Waals surface area contributed by atoms with E-state index in [1.165, 1.54) is 12.8 Å². The summed E-state index contributed by atoms with van der Waals surface area (Å²) in [6, 6.07) is 8.75. The van der Waals surface area contributed by atoms with E-state index in [9.17, 15) is 0 Å². The molecular formula is C16H22N4. The Kier molecular flexibility index (Phi) is 3.74. The number of hydrogen-bond donors (Lipinski definition) is 2. The molecule has 1 fully saturated rings. The fraction of sp³-hybridized carbons (Fsp3) is 0.438. The van der Waals surface area contributed by atoms with Crippen LogP contribution in [0.5, 0.6) is 0 Å². The summed E-state index contributed by atoms with van der Waals surface area (Å²) < 4.78 is 0. The second-order valence-corrected chi connectivity index (χ2v) is 5.42. The normalized spacial score (nSPS) is 14.9. The Morgan fingerprint density at radius 1 is 1.35 bits per heavy atom. The van der Waals surface area contributed by atoms with Crippen LogP contribution in [0.15, 0.2) is 30.5 Å². The second-order valence-electron chi connectivity index (χ2n) is 5.42. The lowest BCUT2D eigenvalue weighted by atomic mass is 10.1. The Labute approximate surface area is 120 Å². The van der Waals surface area contributed by atoms with Gasteiger partial charge in [0, 0.05) is 42.1 Å². The number of nitrogens with zero attached hydrogens (tertiary/aromatic N) is 2. The van der Waals surface area contributed by atoms with Crippen LogP contribution in [0.3, 0.4) is 0 Å². The van der Waals surface area contributed by atoms with E-state index in [1.54, 1.807) is 0 Å². The first-order valence-corrected chi connectivity index (χ1v) is 7.40. The molecule has 1 aliphatic carbocycles. The number of pyridine rings is 1. The summed E-state index contributed by atoms with van der Waals surface area (Å²) in [6.45, 7) is 5.44. The Morgan fingerprint density at radius 3 is 2.95 bits per heavy atom. The van der Waals surface area contributed by atoms with E-state index >= 15 is 0 Å². The average molecular weight is 270 g/mol. The largest absolute Gasteiger partial charge is 0.399 e. The van der Waals surface area contributed by atoms with Crippen molar-refractivity contribution in [3.63, 3.8) is 0 Å². The standard InChI is InChI=1S/C16H22N4/c1-2-20(13-4-5-13)10-9-19-15-7-8-18-16-11-12(17)3-6-14(15)16/h3,6-8,11,13H,2,4-5,9-10,17H2,1H3,(H,18,19). The minimum absolute atomic E-state index is 0.757. The van der Waals surface area contributed by atoms with Crippen LogP contribution in [0.4, 0.5) is 11.4 Å². The summed E-state index contributed by atoms with van der Waals surface area (Å²) in [7, 11) is 0. The molecule has 0 bridgehead atoms. The Morgan fingerprint density at radius 2 is 2.20 bits per heavy atom. The van der Waals surface area contributed by atoms with Gasteiger partial charge in [-0.3, -0.25) is 9.88 Å². The summed E-state index contributed by atoms with van der Waals surface area (Å²) in [5, 5.41) is 4.67. The molecule has 2 aromatic rings. The van der Waals surface area contributed by atoms with Crippen LogP contribution >= 0.6 is 0 Å². The van der Waals surface area contributed by atoms with Gasteiger partial charge in [-0.15, -0.1) is 0 Å². The lowest BCUT2D eigenvalue weighted by Crippen LogP contribution is -2.30. The van der Waals surface area contributed by atoms with E-state index in [2.05, 4.69) is 22.1 Å². The van der Waals surface area contributed by atoms with Crippen LogP contribution in [0.1, 0.15) is 19.8 Å². The molecule has 0 spiro atoms. The zero-order chi connectivity index (χ0) is 13.9. The molecular weight excluding hydrogens is 248 g/mol. The van der Waals surface area contributed by atoms with Crippen molar-refractivity contribution in [3.05, 3.63) is 30.5 Å². The third-order valence-electron chi connectivity index (χ3n) is 3.95. The number of rotatable bonds is 6. The molecule has 4 heteroatoms. The number of aromatic nitrogens is 1. The predicted molar refractivity (Wildman–Crippen MR) is 84.9 cm³/mol. The number of nitrogens with two attached hydrogens (primary N) is 1. The van der Waals surface area contributed by atoms with Crippen molar-refractivity contribution < 1.29 is 0 Å². The highest BCUT2D eigenvalue weighted by Crippen LogP contribution is 2.26. The van der Waals surface area contributed by atoms with Crippen LogP contribution in [-0.2, 0) is 0 Å². The molecule has 0 atom stereocenters. The van der Waals surface area contributed by atoms with E-state index < -0.39 is 0 Å². The first kappa shape index (κ1) is 13.2. The SMILES string of the molecule is CCN(CCNc1ccnc2cc(N)ccc12)C1CC1. The molecule has 1 aliphatic rings. The minimum atomic E-state index is 0.757. The molecule has 106 valence electrons. The van der Waals surface area contributed by atoms with Crippen LogP contribution < -0.4 is 11.1 Å². The molecule has 4 nitrogen and oxygen atoms in total. The molecule has 1 aromatic carbocycles. The van der Waals surface area contributed by atoms with E-state index in [1.807, 2.05) is 30.5 Å². The summed E-state index contributed by atoms with van der Waals surface area (Å²) in [6.07, 6.45) is 4.57. The molecule has 0 amide bonds. The third kappa shape index (κ3) is 2.85. The van der Waals surface area contributed by atoms with Gasteiger partial charge in [0.25, 0.3) is 0 Å². The van der Waals surface area contributed by atoms with Crippen molar-refractivity contribution >= 4 is 22.3 Å². The Bertz CT molecular complexity index is 592. The Hall–Kier alpha value is -1.81. The van der Waals surface area contributed by atoms with Gasteiger partial charge in [-0.2, -0.15) is 0 Å². The predicted octanol–water partition coefficient (Wildman–Crippen LogP) is 2.71. The molecule has 20 heavy (non-hydrogen) atoms. The molecule has 3 N–H and O–H groups in total. The number of hydrogen-bond acceptors (Lipinski definition) is 4. The molecule has 0 unspecified atom stereocenters. The molecule has 0 radical (unpaired) electrons. The molecule has 1 aromatic heterocycles. The number of benzene rings is 1. The quantitative estimate of drug-likeness (QED) is 0.792. The zero-order valence-electron chi connectivity index (χ0n) is 12.0. The fourth-order valence-electron chi connectivity index (χ4n) is 2.69. The fourth-order valence-corrected chi connectivity index (χ4v) is 2.69. The summed E-state index contributed by atoms with van der Waals surface area (Å²) in [4.78, 5) is 6.92. The van der Waals surface area contributed by atoms with Crippen molar-refractivity contribution in [2.24, 2.45) is 0 Å². The molecule has 0 saturated heterocycles. The minimum Gasteiger partial charge on any atom is -0.399 e. The van der Waals surface area contributed by atoms with Gasteiger partial charge in [0.1, 0.15) is 0 Å². The lowest BCUT2D eigenvalue weighted by molar-refractivity contribution is 0.289. The topological polar surface area (TPSA) is 54.2 Å².